The van der Waals surface area contributed by atoms with Crippen LogP contribution in [0.3, 0.4) is 0 Å². The monoisotopic (exact) mass is 348 g/mol. The summed E-state index contributed by atoms with van der Waals surface area (Å²) in [6.45, 7) is 1.01. The van der Waals surface area contributed by atoms with Crippen molar-refractivity contribution in [1.82, 2.24) is 0 Å². The van der Waals surface area contributed by atoms with Gasteiger partial charge in [-0.1, -0.05) is 23.2 Å². The van der Waals surface area contributed by atoms with Crippen LogP contribution in [0, 0.1) is 0 Å². The quantitative estimate of drug-likeness (QED) is 0.647. The molecule has 4 rings (SSSR count). The van der Waals surface area contributed by atoms with Gasteiger partial charge < -0.3 is 13.9 Å². The van der Waals surface area contributed by atoms with Crippen LogP contribution in [0.5, 0.6) is 11.5 Å². The minimum Gasteiger partial charge on any atom is -0.486 e. The van der Waals surface area contributed by atoms with Gasteiger partial charge in [-0.2, -0.15) is 0 Å². The van der Waals surface area contributed by atoms with Crippen molar-refractivity contribution in [2.75, 3.05) is 13.2 Å². The first-order valence-electron chi connectivity index (χ1n) is 6.95. The first kappa shape index (κ1) is 14.4. The Morgan fingerprint density at radius 1 is 0.913 bits per heavy atom. The molecule has 1 aliphatic heterocycles. The SMILES string of the molecule is O=c1cc(-c2ccc3c(c2)OCCO3)oc2c(Cl)cc(Cl)cc12. The molecule has 0 amide bonds. The van der Waals surface area contributed by atoms with Gasteiger partial charge in [-0.25, -0.2) is 0 Å². The molecule has 2 heterocycles. The van der Waals surface area contributed by atoms with E-state index in [1.807, 2.05) is 0 Å². The maximum absolute atomic E-state index is 12.3. The summed E-state index contributed by atoms with van der Waals surface area (Å²) >= 11 is 12.1. The largest absolute Gasteiger partial charge is 0.486 e. The van der Waals surface area contributed by atoms with Crippen LogP contribution < -0.4 is 14.9 Å². The molecule has 3 aromatic rings. The second kappa shape index (κ2) is 5.48. The highest BCUT2D eigenvalue weighted by molar-refractivity contribution is 6.38. The zero-order valence-electron chi connectivity index (χ0n) is 11.8. The van der Waals surface area contributed by atoms with Gasteiger partial charge in [-0.3, -0.25) is 4.79 Å². The fourth-order valence-corrected chi connectivity index (χ4v) is 3.05. The highest BCUT2D eigenvalue weighted by Crippen LogP contribution is 2.35. The second-order valence-corrected chi connectivity index (χ2v) is 5.94. The summed E-state index contributed by atoms with van der Waals surface area (Å²) in [4.78, 5) is 12.3. The van der Waals surface area contributed by atoms with E-state index in [4.69, 9.17) is 37.1 Å². The van der Waals surface area contributed by atoms with Gasteiger partial charge in [0.05, 0.1) is 10.4 Å². The van der Waals surface area contributed by atoms with Gasteiger partial charge in [0.1, 0.15) is 19.0 Å². The molecule has 0 atom stereocenters. The second-order valence-electron chi connectivity index (χ2n) is 5.10. The summed E-state index contributed by atoms with van der Waals surface area (Å²) in [5.74, 6) is 1.70. The lowest BCUT2D eigenvalue weighted by atomic mass is 10.1. The molecule has 0 saturated carbocycles. The third-order valence-electron chi connectivity index (χ3n) is 3.57. The molecule has 0 fully saturated rings. The van der Waals surface area contributed by atoms with Crippen molar-refractivity contribution in [3.63, 3.8) is 0 Å². The van der Waals surface area contributed by atoms with Gasteiger partial charge in [0, 0.05) is 16.7 Å². The van der Waals surface area contributed by atoms with Crippen LogP contribution in [-0.2, 0) is 0 Å². The van der Waals surface area contributed by atoms with Crippen molar-refractivity contribution in [2.24, 2.45) is 0 Å². The van der Waals surface area contributed by atoms with Gasteiger partial charge in [-0.05, 0) is 30.3 Å². The molecule has 0 aliphatic carbocycles. The van der Waals surface area contributed by atoms with E-state index >= 15 is 0 Å². The topological polar surface area (TPSA) is 48.7 Å². The summed E-state index contributed by atoms with van der Waals surface area (Å²) in [6, 6.07) is 9.88. The normalized spacial score (nSPS) is 13.3. The average molecular weight is 349 g/mol. The molecule has 6 heteroatoms. The third kappa shape index (κ3) is 2.54. The number of rotatable bonds is 1. The lowest BCUT2D eigenvalue weighted by Crippen LogP contribution is -2.15. The average Bonchev–Trinajstić information content (AvgIpc) is 2.55. The molecule has 0 bridgehead atoms. The highest BCUT2D eigenvalue weighted by atomic mass is 35.5. The molecule has 1 aromatic heterocycles. The minimum atomic E-state index is -0.208. The fraction of sp³-hybridized carbons (Fsp3) is 0.118. The van der Waals surface area contributed by atoms with Crippen LogP contribution in [0.15, 0.2) is 45.6 Å². The first-order chi connectivity index (χ1) is 11.1. The summed E-state index contributed by atoms with van der Waals surface area (Å²) < 4.78 is 16.9. The van der Waals surface area contributed by atoms with Gasteiger partial charge in [0.2, 0.25) is 0 Å². The lowest BCUT2D eigenvalue weighted by Gasteiger charge is -2.18. The lowest BCUT2D eigenvalue weighted by molar-refractivity contribution is 0.171. The van der Waals surface area contributed by atoms with Crippen LogP contribution >= 0.6 is 23.2 Å². The van der Waals surface area contributed by atoms with E-state index in [-0.39, 0.29) is 5.43 Å². The molecular formula is C17H10Cl2O4. The Morgan fingerprint density at radius 2 is 1.70 bits per heavy atom. The van der Waals surface area contributed by atoms with Crippen molar-refractivity contribution in [3.05, 3.63) is 56.7 Å². The standard InChI is InChI=1S/C17H10Cl2O4/c18-10-6-11-13(20)8-15(23-17(11)12(19)7-10)9-1-2-14-16(5-9)22-4-3-21-14/h1-2,5-8H,3-4H2. The molecule has 1 aliphatic rings. The van der Waals surface area contributed by atoms with Crippen molar-refractivity contribution in [3.8, 4) is 22.8 Å². The number of benzene rings is 2. The Labute approximate surface area is 141 Å². The van der Waals surface area contributed by atoms with E-state index in [0.29, 0.717) is 57.1 Å². The van der Waals surface area contributed by atoms with Gasteiger partial charge in [0.15, 0.2) is 22.5 Å². The summed E-state index contributed by atoms with van der Waals surface area (Å²) in [7, 11) is 0. The Bertz CT molecular complexity index is 978. The molecule has 2 aromatic carbocycles. The number of ether oxygens (including phenoxy) is 2. The molecule has 23 heavy (non-hydrogen) atoms. The summed E-state index contributed by atoms with van der Waals surface area (Å²) in [5, 5.41) is 1.04. The molecule has 0 saturated heterocycles. The van der Waals surface area contributed by atoms with Crippen molar-refractivity contribution in [2.45, 2.75) is 0 Å². The van der Waals surface area contributed by atoms with E-state index in [1.165, 1.54) is 6.07 Å². The predicted octanol–water partition coefficient (Wildman–Crippen LogP) is 4.54. The molecule has 0 spiro atoms. The zero-order chi connectivity index (χ0) is 16.0. The van der Waals surface area contributed by atoms with Crippen LogP contribution in [0.2, 0.25) is 10.0 Å². The number of hydrogen-bond acceptors (Lipinski definition) is 4. The van der Waals surface area contributed by atoms with Crippen LogP contribution in [-0.4, -0.2) is 13.2 Å². The minimum absolute atomic E-state index is 0.208. The number of fused-ring (bicyclic) bond motifs is 2. The van der Waals surface area contributed by atoms with Crippen LogP contribution in [0.4, 0.5) is 0 Å². The van der Waals surface area contributed by atoms with Crippen LogP contribution in [0.25, 0.3) is 22.3 Å². The van der Waals surface area contributed by atoms with E-state index < -0.39 is 0 Å². The van der Waals surface area contributed by atoms with E-state index in [0.717, 1.165) is 0 Å². The van der Waals surface area contributed by atoms with Crippen molar-refractivity contribution in [1.29, 1.82) is 0 Å². The molecule has 116 valence electrons. The Balaban J connectivity index is 1.91. The maximum Gasteiger partial charge on any atom is 0.193 e. The predicted molar refractivity (Wildman–Crippen MR) is 88.9 cm³/mol. The van der Waals surface area contributed by atoms with Crippen molar-refractivity contribution < 1.29 is 13.9 Å². The zero-order valence-corrected chi connectivity index (χ0v) is 13.3. The van der Waals surface area contributed by atoms with E-state index in [9.17, 15) is 4.79 Å². The smallest absolute Gasteiger partial charge is 0.193 e. The molecule has 4 nitrogen and oxygen atoms in total. The maximum atomic E-state index is 12.3. The van der Waals surface area contributed by atoms with Gasteiger partial charge in [-0.15, -0.1) is 0 Å². The molecule has 0 N–H and O–H groups in total. The third-order valence-corrected chi connectivity index (χ3v) is 4.07. The van der Waals surface area contributed by atoms with Crippen molar-refractivity contribution >= 4 is 34.2 Å². The van der Waals surface area contributed by atoms with Gasteiger partial charge in [0.25, 0.3) is 0 Å². The molecular weight excluding hydrogens is 339 g/mol. The van der Waals surface area contributed by atoms with E-state index in [1.54, 1.807) is 30.3 Å². The highest BCUT2D eigenvalue weighted by Gasteiger charge is 2.15. The van der Waals surface area contributed by atoms with Gasteiger partial charge >= 0.3 is 0 Å². The molecule has 0 unspecified atom stereocenters. The molecule has 0 radical (unpaired) electrons. The summed E-state index contributed by atoms with van der Waals surface area (Å²) in [5.41, 5.74) is 0.813. The fourth-order valence-electron chi connectivity index (χ4n) is 2.52. The first-order valence-corrected chi connectivity index (χ1v) is 7.70. The number of hydrogen-bond donors (Lipinski definition) is 0. The van der Waals surface area contributed by atoms with Crippen LogP contribution in [0.1, 0.15) is 0 Å². The van der Waals surface area contributed by atoms with E-state index in [2.05, 4.69) is 0 Å². The Morgan fingerprint density at radius 3 is 2.52 bits per heavy atom. The Hall–Kier alpha value is -2.17. The number of halogens is 2. The Kier molecular flexibility index (Phi) is 3.43. The summed E-state index contributed by atoms with van der Waals surface area (Å²) in [6.07, 6.45) is 0.